The first-order valence-electron chi connectivity index (χ1n) is 27.8. The molecule has 0 aliphatic carbocycles. The van der Waals surface area contributed by atoms with Crippen LogP contribution in [0.2, 0.25) is 0 Å². The van der Waals surface area contributed by atoms with Gasteiger partial charge in [-0.3, -0.25) is 9.59 Å². The third kappa shape index (κ3) is 29.5. The first-order valence-corrected chi connectivity index (χ1v) is 27.8. The van der Waals surface area contributed by atoms with Crippen molar-refractivity contribution in [3.8, 4) is 0 Å². The van der Waals surface area contributed by atoms with Crippen molar-refractivity contribution in [3.63, 3.8) is 0 Å². The highest BCUT2D eigenvalue weighted by Gasteiger charge is 2.47. The van der Waals surface area contributed by atoms with E-state index in [1.54, 1.807) is 0 Å². The summed E-state index contributed by atoms with van der Waals surface area (Å²) >= 11 is 0. The van der Waals surface area contributed by atoms with Gasteiger partial charge >= 0.3 is 11.9 Å². The minimum Gasteiger partial charge on any atom is -0.462 e. The molecule has 2 fully saturated rings. The van der Waals surface area contributed by atoms with Crippen molar-refractivity contribution < 1.29 is 73.8 Å². The number of unbranched alkanes of at least 4 members (excludes halogenated alkanes) is 28. The Hall–Kier alpha value is -1.76. The standard InChI is InChI=1S/C54H100O15/c1-3-5-7-9-11-13-15-17-19-21-23-25-27-29-31-33-35-37-46(57)67-42(39-64-45(56)36-34-32-30-28-26-24-22-20-18-16-14-12-10-8-6-4-2)40-65-53-52(63)50(61)48(59)44(69-53)41-66-54-51(62)49(60)47(58)43(38-55)68-54/h17,19,42-44,47-55,58-63H,3-16,18,20-41H2,1-2H3/b19-17-. The van der Waals surface area contributed by atoms with E-state index in [9.17, 15) is 45.3 Å². The van der Waals surface area contributed by atoms with Gasteiger partial charge in [-0.25, -0.2) is 0 Å². The average Bonchev–Trinajstić information content (AvgIpc) is 3.34. The smallest absolute Gasteiger partial charge is 0.306 e. The maximum atomic E-state index is 13.0. The summed E-state index contributed by atoms with van der Waals surface area (Å²) in [6.07, 6.45) is 25.1. The van der Waals surface area contributed by atoms with Gasteiger partial charge in [0.05, 0.1) is 19.8 Å². The fourth-order valence-electron chi connectivity index (χ4n) is 8.92. The van der Waals surface area contributed by atoms with E-state index in [1.165, 1.54) is 135 Å². The molecule has 0 saturated carbocycles. The number of carbonyl (C=O) groups is 2. The zero-order valence-corrected chi connectivity index (χ0v) is 43.1. The van der Waals surface area contributed by atoms with Gasteiger partial charge in [-0.05, 0) is 38.5 Å². The first kappa shape index (κ1) is 63.4. The van der Waals surface area contributed by atoms with Crippen molar-refractivity contribution in [2.45, 2.75) is 293 Å². The summed E-state index contributed by atoms with van der Waals surface area (Å²) < 4.78 is 33.7. The van der Waals surface area contributed by atoms with Gasteiger partial charge in [0.1, 0.15) is 55.4 Å². The second-order valence-corrected chi connectivity index (χ2v) is 19.8. The Morgan fingerprint density at radius 3 is 1.28 bits per heavy atom. The van der Waals surface area contributed by atoms with Crippen LogP contribution in [0, 0.1) is 0 Å². The highest BCUT2D eigenvalue weighted by Crippen LogP contribution is 2.27. The van der Waals surface area contributed by atoms with Gasteiger partial charge < -0.3 is 64.2 Å². The van der Waals surface area contributed by atoms with E-state index < -0.39 is 92.7 Å². The molecule has 0 spiro atoms. The maximum absolute atomic E-state index is 13.0. The minimum absolute atomic E-state index is 0.165. The summed E-state index contributed by atoms with van der Waals surface area (Å²) in [5, 5.41) is 72.2. The molecule has 0 aromatic rings. The molecule has 0 bridgehead atoms. The molecule has 0 aromatic carbocycles. The Morgan fingerprint density at radius 1 is 0.449 bits per heavy atom. The Morgan fingerprint density at radius 2 is 0.826 bits per heavy atom. The normalized spacial score (nSPS) is 25.6. The predicted octanol–water partition coefficient (Wildman–Crippen LogP) is 8.55. The fourth-order valence-corrected chi connectivity index (χ4v) is 8.92. The molecule has 69 heavy (non-hydrogen) atoms. The lowest BCUT2D eigenvalue weighted by Gasteiger charge is -2.42. The molecule has 2 heterocycles. The number of allylic oxidation sites excluding steroid dienone is 2. The monoisotopic (exact) mass is 989 g/mol. The molecule has 2 rings (SSSR count). The van der Waals surface area contributed by atoms with Gasteiger partial charge in [0.25, 0.3) is 0 Å². The molecule has 7 N–H and O–H groups in total. The van der Waals surface area contributed by atoms with Crippen molar-refractivity contribution in [3.05, 3.63) is 12.2 Å². The van der Waals surface area contributed by atoms with Gasteiger partial charge in [-0.2, -0.15) is 0 Å². The summed E-state index contributed by atoms with van der Waals surface area (Å²) in [7, 11) is 0. The van der Waals surface area contributed by atoms with Crippen LogP contribution in [0.1, 0.15) is 226 Å². The van der Waals surface area contributed by atoms with Crippen LogP contribution in [-0.4, -0.2) is 142 Å². The van der Waals surface area contributed by atoms with Crippen molar-refractivity contribution in [2.24, 2.45) is 0 Å². The number of hydrogen-bond donors (Lipinski definition) is 7. The second kappa shape index (κ2) is 41.7. The summed E-state index contributed by atoms with van der Waals surface area (Å²) in [4.78, 5) is 25.8. The highest BCUT2D eigenvalue weighted by molar-refractivity contribution is 5.70. The first-order chi connectivity index (χ1) is 33.5. The maximum Gasteiger partial charge on any atom is 0.306 e. The summed E-state index contributed by atoms with van der Waals surface area (Å²) in [6.45, 7) is 2.62. The van der Waals surface area contributed by atoms with Gasteiger partial charge in [0.2, 0.25) is 0 Å². The lowest BCUT2D eigenvalue weighted by molar-refractivity contribution is -0.332. The molecule has 0 amide bonds. The van der Waals surface area contributed by atoms with E-state index in [4.69, 9.17) is 28.4 Å². The number of hydrogen-bond acceptors (Lipinski definition) is 15. The molecule has 15 heteroatoms. The van der Waals surface area contributed by atoms with Crippen LogP contribution < -0.4 is 0 Å². The van der Waals surface area contributed by atoms with Crippen LogP contribution in [-0.2, 0) is 38.0 Å². The molecule has 2 aliphatic rings. The SMILES string of the molecule is CCCCCCCC/C=C\CCCCCCCCCC(=O)OC(COC(=O)CCCCCCCCCCCCCCCCCC)COC1OC(COC2OC(CO)C(O)C(O)C2O)C(O)C(O)C1O. The van der Waals surface area contributed by atoms with E-state index in [0.29, 0.717) is 12.8 Å². The Balaban J connectivity index is 1.78. The molecule has 406 valence electrons. The van der Waals surface area contributed by atoms with Gasteiger partial charge in [-0.15, -0.1) is 0 Å². The van der Waals surface area contributed by atoms with Crippen molar-refractivity contribution in [1.82, 2.24) is 0 Å². The van der Waals surface area contributed by atoms with E-state index in [0.717, 1.165) is 51.4 Å². The molecular weight excluding hydrogens is 889 g/mol. The zero-order valence-electron chi connectivity index (χ0n) is 43.1. The lowest BCUT2D eigenvalue weighted by Crippen LogP contribution is -2.61. The van der Waals surface area contributed by atoms with Crippen molar-refractivity contribution >= 4 is 11.9 Å². The lowest BCUT2D eigenvalue weighted by atomic mass is 9.98. The van der Waals surface area contributed by atoms with Gasteiger partial charge in [0.15, 0.2) is 18.7 Å². The molecule has 11 unspecified atom stereocenters. The molecule has 0 aromatic heterocycles. The summed E-state index contributed by atoms with van der Waals surface area (Å²) in [5.74, 6) is -0.917. The Labute approximate surface area is 416 Å². The average molecular weight is 989 g/mol. The number of aliphatic hydroxyl groups is 7. The largest absolute Gasteiger partial charge is 0.462 e. The van der Waals surface area contributed by atoms with Crippen LogP contribution >= 0.6 is 0 Å². The number of aliphatic hydroxyl groups excluding tert-OH is 7. The number of esters is 2. The fraction of sp³-hybridized carbons (Fsp3) is 0.926. The molecule has 11 atom stereocenters. The van der Waals surface area contributed by atoms with Gasteiger partial charge in [-0.1, -0.05) is 187 Å². The number of carbonyl (C=O) groups excluding carboxylic acids is 2. The van der Waals surface area contributed by atoms with Crippen molar-refractivity contribution in [2.75, 3.05) is 26.4 Å². The topological polar surface area (TPSA) is 231 Å². The Bertz CT molecular complexity index is 1250. The number of rotatable bonds is 44. The van der Waals surface area contributed by atoms with Crippen LogP contribution in [0.25, 0.3) is 0 Å². The third-order valence-electron chi connectivity index (χ3n) is 13.5. The predicted molar refractivity (Wildman–Crippen MR) is 266 cm³/mol. The quantitative estimate of drug-likeness (QED) is 0.0172. The second-order valence-electron chi connectivity index (χ2n) is 19.8. The number of ether oxygens (including phenoxy) is 6. The van der Waals surface area contributed by atoms with E-state index in [1.807, 2.05) is 0 Å². The van der Waals surface area contributed by atoms with Crippen LogP contribution in [0.5, 0.6) is 0 Å². The molecule has 2 aliphatic heterocycles. The van der Waals surface area contributed by atoms with Crippen LogP contribution in [0.15, 0.2) is 12.2 Å². The van der Waals surface area contributed by atoms with Crippen molar-refractivity contribution in [1.29, 1.82) is 0 Å². The zero-order chi connectivity index (χ0) is 50.3. The van der Waals surface area contributed by atoms with E-state index in [2.05, 4.69) is 26.0 Å². The summed E-state index contributed by atoms with van der Waals surface area (Å²) in [5.41, 5.74) is 0. The molecule has 15 nitrogen and oxygen atoms in total. The molecular formula is C54H100O15. The van der Waals surface area contributed by atoms with E-state index in [-0.39, 0.29) is 26.1 Å². The minimum atomic E-state index is -1.76. The van der Waals surface area contributed by atoms with E-state index >= 15 is 0 Å². The highest BCUT2D eigenvalue weighted by atomic mass is 16.7. The third-order valence-corrected chi connectivity index (χ3v) is 13.5. The van der Waals surface area contributed by atoms with Gasteiger partial charge in [0, 0.05) is 12.8 Å². The summed E-state index contributed by atoms with van der Waals surface area (Å²) in [6, 6.07) is 0. The molecule has 0 radical (unpaired) electrons. The molecule has 2 saturated heterocycles. The Kier molecular flexibility index (Phi) is 38.3. The van der Waals surface area contributed by atoms with Crippen LogP contribution in [0.4, 0.5) is 0 Å². The van der Waals surface area contributed by atoms with Crippen LogP contribution in [0.3, 0.4) is 0 Å².